The first-order valence-electron chi connectivity index (χ1n) is 11.6. The Morgan fingerprint density at radius 3 is 2.58 bits per heavy atom. The zero-order valence-electron chi connectivity index (χ0n) is 19.5. The number of rotatable bonds is 5. The van der Waals surface area contributed by atoms with Crippen LogP contribution in [0.3, 0.4) is 0 Å². The van der Waals surface area contributed by atoms with E-state index in [1.807, 2.05) is 19.1 Å². The Hall–Kier alpha value is -2.72. The summed E-state index contributed by atoms with van der Waals surface area (Å²) in [6, 6.07) is 11.6. The fraction of sp³-hybridized carbons (Fsp3) is 0.320. The van der Waals surface area contributed by atoms with Crippen molar-refractivity contribution in [2.75, 3.05) is 31.2 Å². The van der Waals surface area contributed by atoms with E-state index < -0.39 is 9.84 Å². The fourth-order valence-electron chi connectivity index (χ4n) is 4.91. The van der Waals surface area contributed by atoms with E-state index in [1.165, 1.54) is 12.1 Å². The van der Waals surface area contributed by atoms with Crippen LogP contribution in [0.15, 0.2) is 47.4 Å². The van der Waals surface area contributed by atoms with Crippen molar-refractivity contribution in [3.63, 3.8) is 0 Å². The zero-order valence-corrected chi connectivity index (χ0v) is 21.8. The van der Waals surface area contributed by atoms with Gasteiger partial charge in [0.25, 0.3) is 0 Å². The van der Waals surface area contributed by atoms with Crippen molar-refractivity contribution in [1.29, 1.82) is 0 Å². The summed E-state index contributed by atoms with van der Waals surface area (Å²) >= 11 is 12.1. The molecule has 2 aliphatic heterocycles. The van der Waals surface area contributed by atoms with E-state index >= 15 is 0 Å². The van der Waals surface area contributed by atoms with Gasteiger partial charge in [0.15, 0.2) is 21.3 Å². The van der Waals surface area contributed by atoms with E-state index in [2.05, 4.69) is 20.1 Å². The highest BCUT2D eigenvalue weighted by atomic mass is 35.5. The Morgan fingerprint density at radius 2 is 1.89 bits per heavy atom. The van der Waals surface area contributed by atoms with E-state index in [4.69, 9.17) is 32.9 Å². The molecule has 2 aliphatic rings. The lowest BCUT2D eigenvalue weighted by Crippen LogP contribution is -2.44. The quantitative estimate of drug-likeness (QED) is 0.384. The minimum atomic E-state index is -3.67. The van der Waals surface area contributed by atoms with E-state index in [-0.39, 0.29) is 21.1 Å². The predicted octanol–water partition coefficient (Wildman–Crippen LogP) is 4.84. The lowest BCUT2D eigenvalue weighted by Gasteiger charge is -2.37. The second kappa shape index (κ2) is 8.69. The van der Waals surface area contributed by atoms with Gasteiger partial charge in [-0.25, -0.2) is 18.4 Å². The Balaban J connectivity index is 1.31. The maximum atomic E-state index is 13.0. The van der Waals surface area contributed by atoms with Crippen LogP contribution in [-0.4, -0.2) is 54.9 Å². The van der Waals surface area contributed by atoms with Gasteiger partial charge in [-0.3, -0.25) is 5.10 Å². The number of H-pyrrole nitrogens is 1. The maximum absolute atomic E-state index is 13.0. The van der Waals surface area contributed by atoms with Crippen LogP contribution in [0.25, 0.3) is 22.4 Å². The minimum Gasteiger partial charge on any atom is -0.380 e. The first kappa shape index (κ1) is 23.7. The average Bonchev–Trinajstić information content (AvgIpc) is 3.45. The van der Waals surface area contributed by atoms with Gasteiger partial charge < -0.3 is 9.64 Å². The van der Waals surface area contributed by atoms with Crippen LogP contribution in [0.1, 0.15) is 17.7 Å². The number of aryl methyl sites for hydroxylation is 1. The molecule has 0 bridgehead atoms. The maximum Gasteiger partial charge on any atom is 0.186 e. The van der Waals surface area contributed by atoms with Crippen LogP contribution < -0.4 is 4.90 Å². The topological polar surface area (TPSA) is 101 Å². The van der Waals surface area contributed by atoms with Gasteiger partial charge >= 0.3 is 0 Å². The number of sulfone groups is 1. The van der Waals surface area contributed by atoms with Crippen LogP contribution in [-0.2, 0) is 20.3 Å². The summed E-state index contributed by atoms with van der Waals surface area (Å²) in [7, 11) is -3.67. The minimum absolute atomic E-state index is 0.0216. The van der Waals surface area contributed by atoms with Crippen molar-refractivity contribution in [3.8, 4) is 11.4 Å². The van der Waals surface area contributed by atoms with Crippen LogP contribution >= 0.6 is 23.2 Å². The van der Waals surface area contributed by atoms with Crippen LogP contribution in [0.2, 0.25) is 10.0 Å². The lowest BCUT2D eigenvalue weighted by molar-refractivity contribution is -0.0985. The number of aromatic nitrogens is 4. The van der Waals surface area contributed by atoms with Gasteiger partial charge in [-0.05, 0) is 37.1 Å². The Labute approximate surface area is 218 Å². The largest absolute Gasteiger partial charge is 0.380 e. The van der Waals surface area contributed by atoms with Crippen molar-refractivity contribution < 1.29 is 13.2 Å². The number of hydrogen-bond donors (Lipinski definition) is 1. The number of aromatic amines is 1. The van der Waals surface area contributed by atoms with Gasteiger partial charge in [-0.1, -0.05) is 47.5 Å². The number of benzene rings is 2. The molecule has 0 atom stereocenters. The molecule has 0 amide bonds. The van der Waals surface area contributed by atoms with E-state index in [0.29, 0.717) is 22.1 Å². The SMILES string of the molecule is Cc1[nH]nc2nc(-c3ccc(CS(=O)(=O)c4cc(Cl)ccc4Cl)cc3)nc(N3CCC4(COC4)C3)c12. The second-order valence-corrected chi connectivity index (χ2v) is 12.4. The third-order valence-corrected chi connectivity index (χ3v) is 9.32. The number of nitrogens with zero attached hydrogens (tertiary/aromatic N) is 4. The van der Waals surface area contributed by atoms with Gasteiger partial charge in [0.2, 0.25) is 0 Å². The molecule has 0 aliphatic carbocycles. The molecular weight excluding hydrogens is 521 g/mol. The third kappa shape index (κ3) is 4.14. The van der Waals surface area contributed by atoms with Crippen molar-refractivity contribution in [2.45, 2.75) is 24.0 Å². The molecule has 11 heteroatoms. The number of ether oxygens (including phenoxy) is 1. The van der Waals surface area contributed by atoms with Crippen molar-refractivity contribution in [2.24, 2.45) is 5.41 Å². The van der Waals surface area contributed by atoms with E-state index in [9.17, 15) is 8.42 Å². The molecular formula is C25H23Cl2N5O3S. The predicted molar refractivity (Wildman–Crippen MR) is 139 cm³/mol. The Kier molecular flexibility index (Phi) is 5.71. The number of fused-ring (bicyclic) bond motifs is 1. The normalized spacial score (nSPS) is 17.1. The first-order chi connectivity index (χ1) is 17.2. The molecule has 1 N–H and O–H groups in total. The van der Waals surface area contributed by atoms with Crippen molar-refractivity contribution in [3.05, 3.63) is 63.8 Å². The lowest BCUT2D eigenvalue weighted by atomic mass is 9.85. The molecule has 2 saturated heterocycles. The molecule has 186 valence electrons. The third-order valence-electron chi connectivity index (χ3n) is 6.93. The molecule has 8 nitrogen and oxygen atoms in total. The second-order valence-electron chi connectivity index (χ2n) is 9.61. The standard InChI is InChI=1S/C25H23Cl2N5O3S/c1-15-21-23(31-30-15)28-22(29-24(21)32-9-8-25(12-32)13-35-14-25)17-4-2-16(3-5-17)11-36(33,34)20-10-18(26)6-7-19(20)27/h2-7,10H,8-9,11-14H2,1H3,(H,28,29,30,31). The average molecular weight is 544 g/mol. The molecule has 4 aromatic rings. The van der Waals surface area contributed by atoms with Gasteiger partial charge in [-0.15, -0.1) is 0 Å². The van der Waals surface area contributed by atoms with E-state index in [0.717, 1.165) is 55.2 Å². The fourth-order valence-corrected chi connectivity index (χ4v) is 7.07. The smallest absolute Gasteiger partial charge is 0.186 e. The van der Waals surface area contributed by atoms with Crippen molar-refractivity contribution >= 4 is 49.9 Å². The van der Waals surface area contributed by atoms with Crippen molar-refractivity contribution in [1.82, 2.24) is 20.2 Å². The van der Waals surface area contributed by atoms with Crippen LogP contribution in [0.5, 0.6) is 0 Å². The van der Waals surface area contributed by atoms with Gasteiger partial charge in [0.1, 0.15) is 5.82 Å². The summed E-state index contributed by atoms with van der Waals surface area (Å²) in [6.45, 7) is 5.36. The Bertz CT molecular complexity index is 1580. The van der Waals surface area contributed by atoms with Gasteiger partial charge in [0, 0.05) is 34.8 Å². The van der Waals surface area contributed by atoms with E-state index in [1.54, 1.807) is 18.2 Å². The molecule has 1 spiro atoms. The van der Waals surface area contributed by atoms with Crippen LogP contribution in [0, 0.1) is 12.3 Å². The molecule has 4 heterocycles. The highest BCUT2D eigenvalue weighted by molar-refractivity contribution is 7.90. The van der Waals surface area contributed by atoms with Gasteiger partial charge in [-0.2, -0.15) is 5.10 Å². The molecule has 0 saturated carbocycles. The molecule has 0 unspecified atom stereocenters. The highest BCUT2D eigenvalue weighted by Crippen LogP contribution is 2.41. The summed E-state index contributed by atoms with van der Waals surface area (Å²) in [5, 5.41) is 8.82. The molecule has 36 heavy (non-hydrogen) atoms. The summed E-state index contributed by atoms with van der Waals surface area (Å²) < 4.78 is 31.4. The summed E-state index contributed by atoms with van der Waals surface area (Å²) in [4.78, 5) is 12.0. The van der Waals surface area contributed by atoms with Crippen LogP contribution in [0.4, 0.5) is 5.82 Å². The Morgan fingerprint density at radius 1 is 1.11 bits per heavy atom. The molecule has 2 aromatic heterocycles. The number of hydrogen-bond acceptors (Lipinski definition) is 7. The highest BCUT2D eigenvalue weighted by Gasteiger charge is 2.45. The van der Waals surface area contributed by atoms with Gasteiger partial charge in [0.05, 0.1) is 34.3 Å². The number of nitrogens with one attached hydrogen (secondary N) is 1. The zero-order chi connectivity index (χ0) is 25.1. The summed E-state index contributed by atoms with van der Waals surface area (Å²) in [5.74, 6) is 1.21. The summed E-state index contributed by atoms with van der Waals surface area (Å²) in [6.07, 6.45) is 1.07. The monoisotopic (exact) mass is 543 g/mol. The molecule has 6 rings (SSSR count). The molecule has 0 radical (unpaired) electrons. The summed E-state index contributed by atoms with van der Waals surface area (Å²) in [5.41, 5.74) is 3.16. The number of anilines is 1. The number of halogens is 2. The first-order valence-corrected chi connectivity index (χ1v) is 14.0. The molecule has 2 fully saturated rings. The molecule has 2 aromatic carbocycles.